The van der Waals surface area contributed by atoms with E-state index in [1.807, 2.05) is 0 Å². The second kappa shape index (κ2) is 5.25. The third kappa shape index (κ3) is 2.67. The SMILES string of the molecule is OC1CCC2CCC(N3CCNCC3)CC2C1. The standard InChI is InChI=1S/C14H26N2O/c17-14-4-2-11-1-3-13(9-12(11)10-14)16-7-5-15-6-8-16/h11-15,17H,1-10H2. The summed E-state index contributed by atoms with van der Waals surface area (Å²) in [4.78, 5) is 2.69. The van der Waals surface area contributed by atoms with Gasteiger partial charge in [0.2, 0.25) is 0 Å². The smallest absolute Gasteiger partial charge is 0.0543 e. The first kappa shape index (κ1) is 11.9. The molecule has 2 N–H and O–H groups in total. The van der Waals surface area contributed by atoms with Crippen molar-refractivity contribution >= 4 is 0 Å². The molecule has 4 unspecified atom stereocenters. The fraction of sp³-hybridized carbons (Fsp3) is 1.00. The number of rotatable bonds is 1. The average molecular weight is 238 g/mol. The average Bonchev–Trinajstić information content (AvgIpc) is 2.39. The molecule has 3 aliphatic rings. The maximum absolute atomic E-state index is 9.82. The molecule has 2 aliphatic carbocycles. The molecule has 0 aromatic heterocycles. The van der Waals surface area contributed by atoms with Crippen LogP contribution in [0, 0.1) is 11.8 Å². The highest BCUT2D eigenvalue weighted by Gasteiger charge is 2.36. The summed E-state index contributed by atoms with van der Waals surface area (Å²) in [5.74, 6) is 1.74. The Morgan fingerprint density at radius 2 is 1.65 bits per heavy atom. The van der Waals surface area contributed by atoms with E-state index >= 15 is 0 Å². The third-order valence-electron chi connectivity index (χ3n) is 5.23. The lowest BCUT2D eigenvalue weighted by atomic mass is 9.68. The van der Waals surface area contributed by atoms with Crippen molar-refractivity contribution in [2.75, 3.05) is 26.2 Å². The largest absolute Gasteiger partial charge is 0.393 e. The molecule has 17 heavy (non-hydrogen) atoms. The minimum Gasteiger partial charge on any atom is -0.393 e. The van der Waals surface area contributed by atoms with Crippen LogP contribution in [0.5, 0.6) is 0 Å². The van der Waals surface area contributed by atoms with Crippen LogP contribution in [0.15, 0.2) is 0 Å². The first-order valence-corrected chi connectivity index (χ1v) is 7.46. The molecule has 4 atom stereocenters. The Kier molecular flexibility index (Phi) is 3.69. The summed E-state index contributed by atoms with van der Waals surface area (Å²) in [6.45, 7) is 4.77. The van der Waals surface area contributed by atoms with Crippen LogP contribution in [0.4, 0.5) is 0 Å². The maximum atomic E-state index is 9.82. The van der Waals surface area contributed by atoms with Gasteiger partial charge >= 0.3 is 0 Å². The Labute approximate surface area is 105 Å². The summed E-state index contributed by atoms with van der Waals surface area (Å²) in [5, 5.41) is 13.3. The van der Waals surface area contributed by atoms with Gasteiger partial charge in [-0.3, -0.25) is 4.90 Å². The van der Waals surface area contributed by atoms with Gasteiger partial charge in [0, 0.05) is 32.2 Å². The summed E-state index contributed by atoms with van der Waals surface area (Å²) < 4.78 is 0. The summed E-state index contributed by atoms with van der Waals surface area (Å²) >= 11 is 0. The van der Waals surface area contributed by atoms with Gasteiger partial charge in [0.15, 0.2) is 0 Å². The second-order valence-corrected chi connectivity index (χ2v) is 6.24. The Hall–Kier alpha value is -0.120. The van der Waals surface area contributed by atoms with E-state index in [0.717, 1.165) is 43.8 Å². The highest BCUT2D eigenvalue weighted by Crippen LogP contribution is 2.41. The third-order valence-corrected chi connectivity index (χ3v) is 5.23. The molecule has 0 spiro atoms. The van der Waals surface area contributed by atoms with Crippen LogP contribution in [0.1, 0.15) is 38.5 Å². The minimum atomic E-state index is -0.00183. The molecule has 0 aromatic carbocycles. The van der Waals surface area contributed by atoms with Gasteiger partial charge in [-0.2, -0.15) is 0 Å². The predicted octanol–water partition coefficient (Wildman–Crippen LogP) is 1.22. The van der Waals surface area contributed by atoms with Gasteiger partial charge in [-0.25, -0.2) is 0 Å². The number of hydrogen-bond donors (Lipinski definition) is 2. The van der Waals surface area contributed by atoms with Gasteiger partial charge in [0.25, 0.3) is 0 Å². The molecular weight excluding hydrogens is 212 g/mol. The van der Waals surface area contributed by atoms with Crippen LogP contribution in [0.3, 0.4) is 0 Å². The van der Waals surface area contributed by atoms with E-state index < -0.39 is 0 Å². The molecule has 98 valence electrons. The number of nitrogens with zero attached hydrogens (tertiary/aromatic N) is 1. The van der Waals surface area contributed by atoms with E-state index in [2.05, 4.69) is 10.2 Å². The van der Waals surface area contributed by atoms with Crippen LogP contribution in [-0.4, -0.2) is 48.3 Å². The van der Waals surface area contributed by atoms with Gasteiger partial charge < -0.3 is 10.4 Å². The number of hydrogen-bond acceptors (Lipinski definition) is 3. The van der Waals surface area contributed by atoms with E-state index in [9.17, 15) is 5.11 Å². The second-order valence-electron chi connectivity index (χ2n) is 6.24. The van der Waals surface area contributed by atoms with Crippen molar-refractivity contribution in [2.45, 2.75) is 50.7 Å². The lowest BCUT2D eigenvalue weighted by Gasteiger charge is -2.45. The number of aliphatic hydroxyl groups is 1. The molecule has 1 aliphatic heterocycles. The van der Waals surface area contributed by atoms with Crippen molar-refractivity contribution in [3.8, 4) is 0 Å². The van der Waals surface area contributed by atoms with Crippen LogP contribution in [-0.2, 0) is 0 Å². The lowest BCUT2D eigenvalue weighted by Crippen LogP contribution is -2.51. The maximum Gasteiger partial charge on any atom is 0.0543 e. The van der Waals surface area contributed by atoms with Gasteiger partial charge in [0.1, 0.15) is 0 Å². The topological polar surface area (TPSA) is 35.5 Å². The van der Waals surface area contributed by atoms with Crippen molar-refractivity contribution in [3.05, 3.63) is 0 Å². The van der Waals surface area contributed by atoms with E-state index in [0.29, 0.717) is 0 Å². The predicted molar refractivity (Wildman–Crippen MR) is 68.9 cm³/mol. The number of piperazine rings is 1. The van der Waals surface area contributed by atoms with E-state index in [1.54, 1.807) is 0 Å². The van der Waals surface area contributed by atoms with Gasteiger partial charge in [-0.1, -0.05) is 0 Å². The normalized spacial score (nSPS) is 44.3. The lowest BCUT2D eigenvalue weighted by molar-refractivity contribution is 0.0154. The van der Waals surface area contributed by atoms with Crippen LogP contribution >= 0.6 is 0 Å². The number of fused-ring (bicyclic) bond motifs is 1. The van der Waals surface area contributed by atoms with Crippen molar-refractivity contribution in [2.24, 2.45) is 11.8 Å². The molecule has 0 aromatic rings. The first-order chi connectivity index (χ1) is 8.33. The van der Waals surface area contributed by atoms with Crippen molar-refractivity contribution in [1.29, 1.82) is 0 Å². The first-order valence-electron chi connectivity index (χ1n) is 7.46. The van der Waals surface area contributed by atoms with Crippen molar-refractivity contribution in [3.63, 3.8) is 0 Å². The fourth-order valence-corrected chi connectivity index (χ4v) is 4.22. The Morgan fingerprint density at radius 1 is 0.882 bits per heavy atom. The number of aliphatic hydroxyl groups excluding tert-OH is 1. The van der Waals surface area contributed by atoms with Crippen molar-refractivity contribution < 1.29 is 5.11 Å². The Balaban J connectivity index is 1.58. The molecule has 3 heteroatoms. The molecule has 3 nitrogen and oxygen atoms in total. The fourth-order valence-electron chi connectivity index (χ4n) is 4.22. The highest BCUT2D eigenvalue weighted by atomic mass is 16.3. The Bertz CT molecular complexity index is 253. The Morgan fingerprint density at radius 3 is 2.47 bits per heavy atom. The van der Waals surface area contributed by atoms with Crippen LogP contribution in [0.2, 0.25) is 0 Å². The quantitative estimate of drug-likeness (QED) is 0.721. The molecule has 3 fully saturated rings. The van der Waals surface area contributed by atoms with E-state index in [-0.39, 0.29) is 6.10 Å². The van der Waals surface area contributed by atoms with Crippen LogP contribution in [0.25, 0.3) is 0 Å². The summed E-state index contributed by atoms with van der Waals surface area (Å²) in [6.07, 6.45) is 7.57. The van der Waals surface area contributed by atoms with Gasteiger partial charge in [-0.05, 0) is 50.4 Å². The molecule has 0 bridgehead atoms. The van der Waals surface area contributed by atoms with E-state index in [4.69, 9.17) is 0 Å². The van der Waals surface area contributed by atoms with Gasteiger partial charge in [-0.15, -0.1) is 0 Å². The van der Waals surface area contributed by atoms with Crippen LogP contribution < -0.4 is 5.32 Å². The summed E-state index contributed by atoms with van der Waals surface area (Å²) in [7, 11) is 0. The zero-order valence-electron chi connectivity index (χ0n) is 10.8. The van der Waals surface area contributed by atoms with E-state index in [1.165, 1.54) is 38.8 Å². The summed E-state index contributed by atoms with van der Waals surface area (Å²) in [6, 6.07) is 0.809. The molecule has 1 saturated heterocycles. The number of nitrogens with one attached hydrogen (secondary N) is 1. The monoisotopic (exact) mass is 238 g/mol. The zero-order valence-corrected chi connectivity index (χ0v) is 10.8. The molecule has 0 radical (unpaired) electrons. The van der Waals surface area contributed by atoms with Gasteiger partial charge in [0.05, 0.1) is 6.10 Å². The molecule has 2 saturated carbocycles. The molecule has 1 heterocycles. The molecule has 0 amide bonds. The molecular formula is C14H26N2O. The van der Waals surface area contributed by atoms with Crippen molar-refractivity contribution in [1.82, 2.24) is 10.2 Å². The highest BCUT2D eigenvalue weighted by molar-refractivity contribution is 4.90. The summed E-state index contributed by atoms with van der Waals surface area (Å²) in [5.41, 5.74) is 0. The minimum absolute atomic E-state index is 0.00183. The molecule has 3 rings (SSSR count). The zero-order chi connectivity index (χ0) is 11.7.